The summed E-state index contributed by atoms with van der Waals surface area (Å²) in [5.74, 6) is 0.526. The number of nitrogens with zero attached hydrogens (tertiary/aromatic N) is 3. The number of hydrogen-bond acceptors (Lipinski definition) is 6. The number of benzene rings is 1. The lowest BCUT2D eigenvalue weighted by molar-refractivity contribution is -0.137. The molecule has 0 saturated carbocycles. The zero-order chi connectivity index (χ0) is 18.1. The maximum atomic E-state index is 12.6. The van der Waals surface area contributed by atoms with Gasteiger partial charge in [0.05, 0.1) is 12.8 Å². The van der Waals surface area contributed by atoms with E-state index in [1.165, 1.54) is 0 Å². The molecule has 136 valence electrons. The average molecular weight is 353 g/mol. The molecule has 1 saturated heterocycles. The zero-order valence-corrected chi connectivity index (χ0v) is 15.1. The van der Waals surface area contributed by atoms with Crippen LogP contribution < -0.4 is 14.4 Å². The molecule has 0 radical (unpaired) electrons. The predicted octanol–water partition coefficient (Wildman–Crippen LogP) is 2.09. The molecular formula is C20H23N3O3. The first-order chi connectivity index (χ1) is 12.6. The Hall–Kier alpha value is -2.60. The van der Waals surface area contributed by atoms with Crippen LogP contribution in [0.1, 0.15) is 17.2 Å². The van der Waals surface area contributed by atoms with E-state index >= 15 is 0 Å². The first kappa shape index (κ1) is 16.8. The number of hydrogen-bond donors (Lipinski definition) is 0. The lowest BCUT2D eigenvalue weighted by Gasteiger charge is -2.34. The highest BCUT2D eigenvalue weighted by atomic mass is 16.5. The van der Waals surface area contributed by atoms with Crippen LogP contribution in [-0.4, -0.2) is 56.2 Å². The Morgan fingerprint density at radius 3 is 2.73 bits per heavy atom. The largest absolute Gasteiger partial charge is 0.481 e. The van der Waals surface area contributed by atoms with Gasteiger partial charge in [-0.05, 0) is 31.2 Å². The molecule has 0 N–H and O–H groups in total. The molecule has 2 aliphatic rings. The highest BCUT2D eigenvalue weighted by molar-refractivity contribution is 5.83. The molecule has 2 aromatic rings. The summed E-state index contributed by atoms with van der Waals surface area (Å²) in [5.41, 5.74) is 2.84. The van der Waals surface area contributed by atoms with Gasteiger partial charge in [-0.2, -0.15) is 0 Å². The number of carbonyl (C=O) groups is 1. The van der Waals surface area contributed by atoms with Gasteiger partial charge < -0.3 is 19.3 Å². The first-order valence-corrected chi connectivity index (χ1v) is 8.93. The summed E-state index contributed by atoms with van der Waals surface area (Å²) in [7, 11) is 3.71. The molecule has 3 heterocycles. The van der Waals surface area contributed by atoms with Crippen LogP contribution in [0.5, 0.6) is 11.6 Å². The SMILES string of the molecule is COc1cccc(C2Cc3ccc(N4CCN(C)CC4)cc3OC2=O)n1. The van der Waals surface area contributed by atoms with Crippen molar-refractivity contribution in [2.75, 3.05) is 45.2 Å². The first-order valence-electron chi connectivity index (χ1n) is 8.93. The van der Waals surface area contributed by atoms with Crippen LogP contribution in [0.3, 0.4) is 0 Å². The van der Waals surface area contributed by atoms with Gasteiger partial charge in [0.2, 0.25) is 5.88 Å². The predicted molar refractivity (Wildman–Crippen MR) is 99.0 cm³/mol. The molecule has 6 heteroatoms. The van der Waals surface area contributed by atoms with Gasteiger partial charge in [-0.3, -0.25) is 4.79 Å². The molecule has 1 aromatic carbocycles. The monoisotopic (exact) mass is 353 g/mol. The van der Waals surface area contributed by atoms with E-state index in [9.17, 15) is 4.79 Å². The number of pyridine rings is 1. The van der Waals surface area contributed by atoms with Gasteiger partial charge in [0.15, 0.2) is 0 Å². The fraction of sp³-hybridized carbons (Fsp3) is 0.400. The summed E-state index contributed by atoms with van der Waals surface area (Å²) in [6.07, 6.45) is 0.595. The number of ether oxygens (including phenoxy) is 2. The van der Waals surface area contributed by atoms with Crippen LogP contribution >= 0.6 is 0 Å². The smallest absolute Gasteiger partial charge is 0.320 e. The second-order valence-electron chi connectivity index (χ2n) is 6.86. The van der Waals surface area contributed by atoms with Gasteiger partial charge in [-0.15, -0.1) is 0 Å². The molecule has 4 rings (SSSR count). The summed E-state index contributed by atoms with van der Waals surface area (Å²) in [5, 5.41) is 0. The van der Waals surface area contributed by atoms with Crippen molar-refractivity contribution in [3.8, 4) is 11.6 Å². The standard InChI is InChI=1S/C20H23N3O3/c1-22-8-10-23(11-9-22)15-7-6-14-12-16(20(24)26-18(14)13-15)17-4-3-5-19(21-17)25-2/h3-7,13,16H,8-12H2,1-2H3. The number of piperazine rings is 1. The Morgan fingerprint density at radius 2 is 1.96 bits per heavy atom. The Bertz CT molecular complexity index is 816. The lowest BCUT2D eigenvalue weighted by atomic mass is 9.92. The quantitative estimate of drug-likeness (QED) is 0.622. The van der Waals surface area contributed by atoms with Crippen molar-refractivity contribution in [1.29, 1.82) is 0 Å². The average Bonchev–Trinajstić information content (AvgIpc) is 2.67. The molecule has 0 amide bonds. The number of anilines is 1. The van der Waals surface area contributed by atoms with Crippen molar-refractivity contribution in [3.05, 3.63) is 47.7 Å². The summed E-state index contributed by atoms with van der Waals surface area (Å²) in [6, 6.07) is 11.7. The highest BCUT2D eigenvalue weighted by Gasteiger charge is 2.31. The second kappa shape index (κ2) is 6.96. The second-order valence-corrected chi connectivity index (χ2v) is 6.86. The number of methoxy groups -OCH3 is 1. The molecule has 6 nitrogen and oxygen atoms in total. The van der Waals surface area contributed by atoms with Crippen molar-refractivity contribution < 1.29 is 14.3 Å². The molecule has 0 spiro atoms. The number of carbonyl (C=O) groups excluding carboxylic acids is 1. The lowest BCUT2D eigenvalue weighted by Crippen LogP contribution is -2.44. The minimum Gasteiger partial charge on any atom is -0.481 e. The molecule has 0 aliphatic carbocycles. The summed E-state index contributed by atoms with van der Waals surface area (Å²) in [6.45, 7) is 4.06. The van der Waals surface area contributed by atoms with Crippen molar-refractivity contribution >= 4 is 11.7 Å². The van der Waals surface area contributed by atoms with Crippen molar-refractivity contribution in [2.24, 2.45) is 0 Å². The van der Waals surface area contributed by atoms with Crippen LogP contribution in [0, 0.1) is 0 Å². The zero-order valence-electron chi connectivity index (χ0n) is 15.1. The Labute approximate surface area is 153 Å². The van der Waals surface area contributed by atoms with Crippen LogP contribution in [-0.2, 0) is 11.2 Å². The van der Waals surface area contributed by atoms with Gasteiger partial charge in [0.1, 0.15) is 11.7 Å². The number of esters is 1. The summed E-state index contributed by atoms with van der Waals surface area (Å²) < 4.78 is 10.8. The van der Waals surface area contributed by atoms with E-state index in [1.807, 2.05) is 18.2 Å². The summed E-state index contributed by atoms with van der Waals surface area (Å²) >= 11 is 0. The van der Waals surface area contributed by atoms with Gasteiger partial charge in [-0.1, -0.05) is 12.1 Å². The van der Waals surface area contributed by atoms with Crippen molar-refractivity contribution in [2.45, 2.75) is 12.3 Å². The number of likely N-dealkylation sites (N-methyl/N-ethyl adjacent to an activating group) is 1. The fourth-order valence-electron chi connectivity index (χ4n) is 3.51. The minimum absolute atomic E-state index is 0.256. The van der Waals surface area contributed by atoms with Crippen LogP contribution in [0.15, 0.2) is 36.4 Å². The van der Waals surface area contributed by atoms with Gasteiger partial charge in [0.25, 0.3) is 0 Å². The Kier molecular flexibility index (Phi) is 4.51. The van der Waals surface area contributed by atoms with E-state index in [0.29, 0.717) is 23.7 Å². The highest BCUT2D eigenvalue weighted by Crippen LogP contribution is 2.36. The van der Waals surface area contributed by atoms with E-state index in [4.69, 9.17) is 9.47 Å². The third-order valence-corrected chi connectivity index (χ3v) is 5.15. The maximum absolute atomic E-state index is 12.6. The molecule has 1 aromatic heterocycles. The van der Waals surface area contributed by atoms with Crippen molar-refractivity contribution in [3.63, 3.8) is 0 Å². The van der Waals surface area contributed by atoms with E-state index in [-0.39, 0.29) is 5.97 Å². The third-order valence-electron chi connectivity index (χ3n) is 5.15. The molecule has 2 aliphatic heterocycles. The molecule has 1 fully saturated rings. The molecule has 0 bridgehead atoms. The molecule has 26 heavy (non-hydrogen) atoms. The third kappa shape index (κ3) is 3.24. The van der Waals surface area contributed by atoms with E-state index < -0.39 is 5.92 Å². The van der Waals surface area contributed by atoms with Crippen LogP contribution in [0.2, 0.25) is 0 Å². The Morgan fingerprint density at radius 1 is 1.15 bits per heavy atom. The maximum Gasteiger partial charge on any atom is 0.320 e. The molecule has 1 unspecified atom stereocenters. The minimum atomic E-state index is -0.396. The molecule has 1 atom stereocenters. The van der Waals surface area contributed by atoms with Crippen LogP contribution in [0.25, 0.3) is 0 Å². The summed E-state index contributed by atoms with van der Waals surface area (Å²) in [4.78, 5) is 21.6. The van der Waals surface area contributed by atoms with Gasteiger partial charge in [0, 0.05) is 44.0 Å². The van der Waals surface area contributed by atoms with Crippen molar-refractivity contribution in [1.82, 2.24) is 9.88 Å². The van der Waals surface area contributed by atoms with Gasteiger partial charge in [-0.25, -0.2) is 4.98 Å². The van der Waals surface area contributed by atoms with Gasteiger partial charge >= 0.3 is 5.97 Å². The normalized spacial score (nSPS) is 20.5. The number of fused-ring (bicyclic) bond motifs is 1. The van der Waals surface area contributed by atoms with Crippen LogP contribution in [0.4, 0.5) is 5.69 Å². The van der Waals surface area contributed by atoms with E-state index in [2.05, 4.69) is 34.0 Å². The number of aromatic nitrogens is 1. The van der Waals surface area contributed by atoms with E-state index in [0.717, 1.165) is 37.4 Å². The number of rotatable bonds is 3. The van der Waals surface area contributed by atoms with E-state index in [1.54, 1.807) is 13.2 Å². The molecular weight excluding hydrogens is 330 g/mol. The Balaban J connectivity index is 1.56. The topological polar surface area (TPSA) is 54.9 Å². The fourth-order valence-corrected chi connectivity index (χ4v) is 3.51.